The number of nitrogens with zero attached hydrogens (tertiary/aromatic N) is 1. The molecule has 2 unspecified atom stereocenters. The number of quaternary nitrogens is 1. The summed E-state index contributed by atoms with van der Waals surface area (Å²) in [7, 11) is 1.48. The highest BCUT2D eigenvalue weighted by Gasteiger charge is 2.27. The van der Waals surface area contributed by atoms with Crippen LogP contribution in [0.4, 0.5) is 0 Å². The Labute approximate surface area is 434 Å². The van der Waals surface area contributed by atoms with Gasteiger partial charge in [0.15, 0.2) is 6.10 Å². The number of ether oxygens (including phenoxy) is 2. The number of phosphoric ester groups is 1. The fourth-order valence-corrected chi connectivity index (χ4v) is 9.56. The van der Waals surface area contributed by atoms with Crippen LogP contribution in [0.25, 0.3) is 0 Å². The van der Waals surface area contributed by atoms with Crippen molar-refractivity contribution in [3.8, 4) is 0 Å². The molecule has 1 N–H and O–H groups in total. The third-order valence-corrected chi connectivity index (χ3v) is 14.5. The van der Waals surface area contributed by atoms with Crippen LogP contribution in [0.2, 0.25) is 0 Å². The molecule has 0 aliphatic rings. The molecule has 414 valence electrons. The molecule has 2 atom stereocenters. The average Bonchev–Trinajstić information content (AvgIpc) is 3.32. The molecule has 0 saturated carbocycles. The van der Waals surface area contributed by atoms with Crippen LogP contribution in [0.3, 0.4) is 0 Å². The quantitative estimate of drug-likeness (QED) is 0.0211. The molecule has 0 heterocycles. The van der Waals surface area contributed by atoms with Crippen LogP contribution in [-0.4, -0.2) is 74.9 Å². The second kappa shape index (κ2) is 52.4. The van der Waals surface area contributed by atoms with Gasteiger partial charge in [-0.2, -0.15) is 0 Å². The molecule has 0 spiro atoms. The Hall–Kier alpha value is -1.51. The summed E-state index contributed by atoms with van der Waals surface area (Å²) in [4.78, 5) is 35.7. The monoisotopic (exact) mass is 1010 g/mol. The maximum Gasteiger partial charge on any atom is 0.472 e. The lowest BCUT2D eigenvalue weighted by Gasteiger charge is -2.24. The van der Waals surface area contributed by atoms with E-state index in [9.17, 15) is 19.0 Å². The Morgan fingerprint density at radius 2 is 0.771 bits per heavy atom. The number of carbonyl (C=O) groups is 2. The molecule has 0 bridgehead atoms. The number of likely N-dealkylation sites (N-methyl/N-ethyl adjacent to an activating group) is 1. The van der Waals surface area contributed by atoms with Crippen LogP contribution in [0, 0.1) is 0 Å². The molecule has 0 aromatic carbocycles. The lowest BCUT2D eigenvalue weighted by Crippen LogP contribution is -2.37. The number of rotatable bonds is 56. The number of allylic oxidation sites excluding steroid dienone is 4. The van der Waals surface area contributed by atoms with Gasteiger partial charge in [0.1, 0.15) is 19.8 Å². The summed E-state index contributed by atoms with van der Waals surface area (Å²) in [5.74, 6) is -0.791. The molecule has 9 nitrogen and oxygen atoms in total. The number of hydrogen-bond acceptors (Lipinski definition) is 7. The third-order valence-electron chi connectivity index (χ3n) is 13.5. The van der Waals surface area contributed by atoms with E-state index in [-0.39, 0.29) is 25.6 Å². The van der Waals surface area contributed by atoms with E-state index in [0.29, 0.717) is 23.9 Å². The van der Waals surface area contributed by atoms with E-state index in [2.05, 4.69) is 38.2 Å². The van der Waals surface area contributed by atoms with Gasteiger partial charge < -0.3 is 18.9 Å². The summed E-state index contributed by atoms with van der Waals surface area (Å²) in [6, 6.07) is 0. The Kier molecular flexibility index (Phi) is 51.2. The largest absolute Gasteiger partial charge is 0.472 e. The average molecular weight is 1010 g/mol. The number of hydrogen-bond donors (Lipinski definition) is 1. The Morgan fingerprint density at radius 3 is 1.14 bits per heavy atom. The summed E-state index contributed by atoms with van der Waals surface area (Å²) in [6.45, 7) is 4.46. The van der Waals surface area contributed by atoms with E-state index in [0.717, 1.165) is 51.4 Å². The first-order valence-electron chi connectivity index (χ1n) is 30.1. The Morgan fingerprint density at radius 1 is 0.443 bits per heavy atom. The molecular formula is C60H117NO8P+. The Balaban J connectivity index is 4.06. The van der Waals surface area contributed by atoms with Crippen LogP contribution >= 0.6 is 7.82 Å². The first kappa shape index (κ1) is 68.5. The molecule has 10 heteroatoms. The van der Waals surface area contributed by atoms with Crippen molar-refractivity contribution in [3.63, 3.8) is 0 Å². The van der Waals surface area contributed by atoms with Crippen molar-refractivity contribution in [1.29, 1.82) is 0 Å². The number of carbonyl (C=O) groups excluding carboxylic acids is 2. The first-order valence-corrected chi connectivity index (χ1v) is 31.6. The van der Waals surface area contributed by atoms with Gasteiger partial charge in [0, 0.05) is 12.8 Å². The number of unbranched alkanes of at least 4 members (excludes halogenated alkanes) is 38. The highest BCUT2D eigenvalue weighted by atomic mass is 31.2. The summed E-state index contributed by atoms with van der Waals surface area (Å²) in [5, 5.41) is 0. The maximum absolute atomic E-state index is 12.8. The van der Waals surface area contributed by atoms with Gasteiger partial charge in [0.2, 0.25) is 0 Å². The smallest absolute Gasteiger partial charge is 0.462 e. The van der Waals surface area contributed by atoms with Crippen molar-refractivity contribution in [1.82, 2.24) is 0 Å². The molecule has 0 fully saturated rings. The molecule has 0 aliphatic heterocycles. The van der Waals surface area contributed by atoms with E-state index in [1.807, 2.05) is 21.1 Å². The molecule has 70 heavy (non-hydrogen) atoms. The lowest BCUT2D eigenvalue weighted by molar-refractivity contribution is -0.870. The molecule has 0 aliphatic carbocycles. The molecule has 0 saturated heterocycles. The van der Waals surface area contributed by atoms with Crippen LogP contribution in [0.1, 0.15) is 296 Å². The minimum Gasteiger partial charge on any atom is -0.462 e. The van der Waals surface area contributed by atoms with E-state index < -0.39 is 26.5 Å². The van der Waals surface area contributed by atoms with Crippen molar-refractivity contribution in [3.05, 3.63) is 24.3 Å². The fourth-order valence-electron chi connectivity index (χ4n) is 8.81. The van der Waals surface area contributed by atoms with Crippen molar-refractivity contribution < 1.29 is 42.1 Å². The summed E-state index contributed by atoms with van der Waals surface area (Å²) in [5.41, 5.74) is 0. The highest BCUT2D eigenvalue weighted by molar-refractivity contribution is 7.47. The van der Waals surface area contributed by atoms with Crippen LogP contribution in [0.15, 0.2) is 24.3 Å². The topological polar surface area (TPSA) is 108 Å². The SMILES string of the molecule is CCCCCC/C=C\C/C=C\CCCCCCCCCC(=O)OC(COC(=O)CCCCCCCCCCCCCCCCCCCCCCCCCCCCCC)COP(=O)(O)OCC[N+](C)(C)C. The highest BCUT2D eigenvalue weighted by Crippen LogP contribution is 2.43. The zero-order valence-electron chi connectivity index (χ0n) is 47.0. The van der Waals surface area contributed by atoms with Gasteiger partial charge in [0.25, 0.3) is 0 Å². The Bertz CT molecular complexity index is 1240. The first-order chi connectivity index (χ1) is 34.0. The number of esters is 2. The fraction of sp³-hybridized carbons (Fsp3) is 0.900. The summed E-state index contributed by atoms with van der Waals surface area (Å²) < 4.78 is 34.6. The molecule has 0 rings (SSSR count). The zero-order valence-corrected chi connectivity index (χ0v) is 47.9. The second-order valence-corrected chi connectivity index (χ2v) is 23.2. The van der Waals surface area contributed by atoms with E-state index in [1.165, 1.54) is 212 Å². The van der Waals surface area contributed by atoms with Crippen molar-refractivity contribution >= 4 is 19.8 Å². The van der Waals surface area contributed by atoms with Gasteiger partial charge in [-0.1, -0.05) is 263 Å². The molecule has 0 amide bonds. The van der Waals surface area contributed by atoms with Crippen LogP contribution in [-0.2, 0) is 32.7 Å². The van der Waals surface area contributed by atoms with E-state index in [4.69, 9.17) is 18.5 Å². The van der Waals surface area contributed by atoms with Crippen molar-refractivity contribution in [2.45, 2.75) is 302 Å². The van der Waals surface area contributed by atoms with Gasteiger partial charge >= 0.3 is 19.8 Å². The standard InChI is InChI=1S/C60H116NO8P/c1-6-8-10-12-14-16-18-20-22-24-26-27-28-29-30-31-32-33-34-35-37-38-40-42-44-46-48-50-52-59(62)66-56-58(57-68-70(64,65)67-55-54-61(3,4)5)69-60(63)53-51-49-47-45-43-41-39-36-25-23-21-19-17-15-13-11-9-7-2/h17,19,23,25,58H,6-16,18,20-22,24,26-57H2,1-5H3/p+1/b19-17-,25-23-. The number of phosphoric acid groups is 1. The summed E-state index contributed by atoms with van der Waals surface area (Å²) in [6.07, 6.45) is 62.6. The second-order valence-electron chi connectivity index (χ2n) is 21.7. The van der Waals surface area contributed by atoms with Gasteiger partial charge in [0.05, 0.1) is 27.7 Å². The predicted molar refractivity (Wildman–Crippen MR) is 298 cm³/mol. The van der Waals surface area contributed by atoms with Gasteiger partial charge in [-0.05, 0) is 44.9 Å². The zero-order chi connectivity index (χ0) is 51.3. The minimum absolute atomic E-state index is 0.0323. The normalized spacial score (nSPS) is 13.4. The summed E-state index contributed by atoms with van der Waals surface area (Å²) >= 11 is 0. The molecule has 0 aromatic heterocycles. The molecule has 0 radical (unpaired) electrons. The lowest BCUT2D eigenvalue weighted by atomic mass is 10.0. The van der Waals surface area contributed by atoms with Crippen molar-refractivity contribution in [2.75, 3.05) is 47.5 Å². The predicted octanol–water partition coefficient (Wildman–Crippen LogP) is 18.6. The molecular weight excluding hydrogens is 894 g/mol. The van der Waals surface area contributed by atoms with Gasteiger partial charge in [-0.25, -0.2) is 4.57 Å². The van der Waals surface area contributed by atoms with Crippen LogP contribution in [0.5, 0.6) is 0 Å². The third kappa shape index (κ3) is 55.8. The van der Waals surface area contributed by atoms with Crippen LogP contribution < -0.4 is 0 Å². The molecule has 0 aromatic rings. The minimum atomic E-state index is -4.38. The van der Waals surface area contributed by atoms with Gasteiger partial charge in [-0.15, -0.1) is 0 Å². The van der Waals surface area contributed by atoms with E-state index in [1.54, 1.807) is 0 Å². The maximum atomic E-state index is 12.8. The van der Waals surface area contributed by atoms with E-state index >= 15 is 0 Å². The van der Waals surface area contributed by atoms with Gasteiger partial charge in [-0.3, -0.25) is 18.6 Å². The van der Waals surface area contributed by atoms with Crippen molar-refractivity contribution in [2.24, 2.45) is 0 Å².